The Morgan fingerprint density at radius 2 is 2.30 bits per heavy atom. The maximum Gasteiger partial charge on any atom is 0.248 e. The van der Waals surface area contributed by atoms with Gasteiger partial charge in [0.15, 0.2) is 11.9 Å². The number of hydrogen-bond donors (Lipinski definition) is 1. The Morgan fingerprint density at radius 1 is 1.40 bits per heavy atom. The fraction of sp³-hybridized carbons (Fsp3) is 0. The number of nitrogens with two attached hydrogens (primary N) is 1. The average molecular weight is 135 g/mol. The molecule has 2 heterocycles. The highest BCUT2D eigenvalue weighted by Crippen LogP contribution is 2.14. The van der Waals surface area contributed by atoms with E-state index in [0.717, 1.165) is 0 Å². The van der Waals surface area contributed by atoms with E-state index in [1.165, 1.54) is 6.39 Å². The molecule has 2 aromatic rings. The molecule has 0 atom stereocenters. The van der Waals surface area contributed by atoms with Crippen molar-refractivity contribution in [2.45, 2.75) is 0 Å². The van der Waals surface area contributed by atoms with Crippen LogP contribution in [0.15, 0.2) is 23.1 Å². The van der Waals surface area contributed by atoms with Gasteiger partial charge in [-0.15, -0.1) is 0 Å². The number of fused-ring (bicyclic) bond motifs is 1. The molecular weight excluding hydrogens is 130 g/mol. The molecule has 0 saturated carbocycles. The zero-order valence-corrected chi connectivity index (χ0v) is 5.11. The Balaban J connectivity index is 2.95. The molecule has 0 unspecified atom stereocenters. The Labute approximate surface area is 56.7 Å². The molecule has 4 heteroatoms. The van der Waals surface area contributed by atoms with Gasteiger partial charge in [-0.1, -0.05) is 0 Å². The molecule has 0 aliphatic heterocycles. The van der Waals surface area contributed by atoms with Crippen molar-refractivity contribution < 1.29 is 4.42 Å². The van der Waals surface area contributed by atoms with E-state index in [9.17, 15) is 0 Å². The van der Waals surface area contributed by atoms with E-state index in [1.54, 1.807) is 12.3 Å². The topological polar surface area (TPSA) is 64.9 Å². The monoisotopic (exact) mass is 135 g/mol. The standard InChI is InChI=1S/C6H5N3O/c7-4-1-2-8-6-5(4)9-3-10-6/h1-3H,(H2,7,8). The minimum atomic E-state index is 0.486. The van der Waals surface area contributed by atoms with Crippen molar-refractivity contribution in [1.82, 2.24) is 9.97 Å². The molecule has 4 nitrogen and oxygen atoms in total. The first kappa shape index (κ1) is 5.22. The maximum absolute atomic E-state index is 5.54. The van der Waals surface area contributed by atoms with Crippen LogP contribution in [0.25, 0.3) is 11.2 Å². The van der Waals surface area contributed by atoms with Crippen LogP contribution >= 0.6 is 0 Å². The number of hydrogen-bond acceptors (Lipinski definition) is 4. The number of rotatable bonds is 0. The highest BCUT2D eigenvalue weighted by Gasteiger charge is 2.00. The first-order chi connectivity index (χ1) is 4.88. The fourth-order valence-electron chi connectivity index (χ4n) is 0.794. The largest absolute Gasteiger partial charge is 0.425 e. The van der Waals surface area contributed by atoms with Crippen LogP contribution in [0.3, 0.4) is 0 Å². The lowest BCUT2D eigenvalue weighted by Gasteiger charge is -1.88. The second-order valence-corrected chi connectivity index (χ2v) is 1.91. The Hall–Kier alpha value is -1.58. The lowest BCUT2D eigenvalue weighted by Crippen LogP contribution is -1.86. The van der Waals surface area contributed by atoms with E-state index in [2.05, 4.69) is 9.97 Å². The third-order valence-electron chi connectivity index (χ3n) is 1.27. The van der Waals surface area contributed by atoms with Gasteiger partial charge in [0.05, 0.1) is 5.69 Å². The van der Waals surface area contributed by atoms with Crippen LogP contribution in [0.1, 0.15) is 0 Å². The van der Waals surface area contributed by atoms with Gasteiger partial charge in [0.2, 0.25) is 5.71 Å². The molecule has 0 amide bonds. The summed E-state index contributed by atoms with van der Waals surface area (Å²) >= 11 is 0. The minimum Gasteiger partial charge on any atom is -0.425 e. The van der Waals surface area contributed by atoms with Gasteiger partial charge in [-0.05, 0) is 6.07 Å². The van der Waals surface area contributed by atoms with E-state index in [1.807, 2.05) is 0 Å². The summed E-state index contributed by atoms with van der Waals surface area (Å²) in [7, 11) is 0. The SMILES string of the molecule is Nc1ccnc2ocnc12. The summed E-state index contributed by atoms with van der Waals surface area (Å²) in [6, 6.07) is 1.69. The highest BCUT2D eigenvalue weighted by atomic mass is 16.3. The van der Waals surface area contributed by atoms with E-state index < -0.39 is 0 Å². The smallest absolute Gasteiger partial charge is 0.248 e. The molecule has 0 aliphatic rings. The van der Waals surface area contributed by atoms with Gasteiger partial charge in [-0.3, -0.25) is 0 Å². The highest BCUT2D eigenvalue weighted by molar-refractivity contribution is 5.81. The van der Waals surface area contributed by atoms with E-state index in [4.69, 9.17) is 10.2 Å². The molecule has 0 saturated heterocycles. The second-order valence-electron chi connectivity index (χ2n) is 1.91. The van der Waals surface area contributed by atoms with Crippen molar-refractivity contribution in [1.29, 1.82) is 0 Å². The van der Waals surface area contributed by atoms with Gasteiger partial charge in [0.1, 0.15) is 0 Å². The first-order valence-corrected chi connectivity index (χ1v) is 2.81. The van der Waals surface area contributed by atoms with Crippen LogP contribution < -0.4 is 5.73 Å². The van der Waals surface area contributed by atoms with Crippen LogP contribution in [-0.4, -0.2) is 9.97 Å². The maximum atomic E-state index is 5.54. The van der Waals surface area contributed by atoms with Gasteiger partial charge in [0, 0.05) is 6.20 Å². The van der Waals surface area contributed by atoms with E-state index in [0.29, 0.717) is 16.9 Å². The van der Waals surface area contributed by atoms with Crippen molar-refractivity contribution in [2.24, 2.45) is 0 Å². The number of aromatic nitrogens is 2. The van der Waals surface area contributed by atoms with Crippen LogP contribution in [0, 0.1) is 0 Å². The average Bonchev–Trinajstić information content (AvgIpc) is 2.36. The second kappa shape index (κ2) is 1.70. The molecule has 0 spiro atoms. The van der Waals surface area contributed by atoms with Crippen molar-refractivity contribution in [3.05, 3.63) is 18.7 Å². The molecule has 2 aromatic heterocycles. The van der Waals surface area contributed by atoms with Gasteiger partial charge >= 0.3 is 0 Å². The summed E-state index contributed by atoms with van der Waals surface area (Å²) in [5.74, 6) is 0. The Kier molecular flexibility index (Phi) is 0.887. The Morgan fingerprint density at radius 3 is 3.10 bits per heavy atom. The number of anilines is 1. The molecule has 50 valence electrons. The number of oxazole rings is 1. The lowest BCUT2D eigenvalue weighted by molar-refractivity contribution is 0.590. The summed E-state index contributed by atoms with van der Waals surface area (Å²) in [5.41, 5.74) is 7.25. The summed E-state index contributed by atoms with van der Waals surface area (Å²) in [4.78, 5) is 7.76. The van der Waals surface area contributed by atoms with Crippen molar-refractivity contribution in [2.75, 3.05) is 5.73 Å². The predicted molar refractivity (Wildman–Crippen MR) is 36.2 cm³/mol. The van der Waals surface area contributed by atoms with E-state index in [-0.39, 0.29) is 0 Å². The van der Waals surface area contributed by atoms with Crippen molar-refractivity contribution >= 4 is 16.9 Å². The van der Waals surface area contributed by atoms with Crippen LogP contribution in [-0.2, 0) is 0 Å². The molecule has 2 rings (SSSR count). The normalized spacial score (nSPS) is 10.4. The third-order valence-corrected chi connectivity index (χ3v) is 1.27. The van der Waals surface area contributed by atoms with Gasteiger partial charge in [-0.25, -0.2) is 9.97 Å². The number of pyridine rings is 1. The summed E-state index contributed by atoms with van der Waals surface area (Å²) in [5, 5.41) is 0. The van der Waals surface area contributed by atoms with Crippen LogP contribution in [0.2, 0.25) is 0 Å². The fourth-order valence-corrected chi connectivity index (χ4v) is 0.794. The molecule has 0 aliphatic carbocycles. The number of nitrogens with zero attached hydrogens (tertiary/aromatic N) is 2. The third kappa shape index (κ3) is 0.556. The van der Waals surface area contributed by atoms with Gasteiger partial charge in [0.25, 0.3) is 0 Å². The first-order valence-electron chi connectivity index (χ1n) is 2.81. The lowest BCUT2D eigenvalue weighted by atomic mass is 10.4. The number of nitrogen functional groups attached to an aromatic ring is 1. The Bertz CT molecular complexity index is 355. The summed E-state index contributed by atoms with van der Waals surface area (Å²) in [6.45, 7) is 0. The summed E-state index contributed by atoms with van der Waals surface area (Å²) in [6.07, 6.45) is 2.91. The molecule has 0 radical (unpaired) electrons. The van der Waals surface area contributed by atoms with Crippen molar-refractivity contribution in [3.63, 3.8) is 0 Å². The molecule has 0 aromatic carbocycles. The van der Waals surface area contributed by atoms with Crippen molar-refractivity contribution in [3.8, 4) is 0 Å². The zero-order chi connectivity index (χ0) is 6.97. The quantitative estimate of drug-likeness (QED) is 0.580. The molecule has 0 bridgehead atoms. The molecule has 10 heavy (non-hydrogen) atoms. The summed E-state index contributed by atoms with van der Waals surface area (Å²) < 4.78 is 4.90. The minimum absolute atomic E-state index is 0.486. The van der Waals surface area contributed by atoms with Gasteiger partial charge < -0.3 is 10.2 Å². The zero-order valence-electron chi connectivity index (χ0n) is 5.11. The van der Waals surface area contributed by atoms with Crippen LogP contribution in [0.5, 0.6) is 0 Å². The molecular formula is C6H5N3O. The molecule has 2 N–H and O–H groups in total. The molecule has 0 fully saturated rings. The van der Waals surface area contributed by atoms with Gasteiger partial charge in [-0.2, -0.15) is 0 Å². The predicted octanol–water partition coefficient (Wildman–Crippen LogP) is 0.805. The van der Waals surface area contributed by atoms with E-state index >= 15 is 0 Å². The van der Waals surface area contributed by atoms with Crippen LogP contribution in [0.4, 0.5) is 5.69 Å².